The van der Waals surface area contributed by atoms with Gasteiger partial charge in [0.15, 0.2) is 6.61 Å². The number of carbonyl (C=O) groups excluding carboxylic acids is 1. The first kappa shape index (κ1) is 17.1. The van der Waals surface area contributed by atoms with Crippen molar-refractivity contribution >= 4 is 5.91 Å². The van der Waals surface area contributed by atoms with Crippen molar-refractivity contribution in [3.8, 4) is 5.75 Å². The molecule has 1 atom stereocenters. The van der Waals surface area contributed by atoms with E-state index < -0.39 is 0 Å². The molecule has 1 heterocycles. The molecule has 0 aliphatic heterocycles. The van der Waals surface area contributed by atoms with Crippen LogP contribution in [0, 0.1) is 0 Å². The number of nitrogens with one attached hydrogen (secondary N) is 1. The molecular formula is C19H25NO3. The van der Waals surface area contributed by atoms with Crippen molar-refractivity contribution in [3.63, 3.8) is 0 Å². The van der Waals surface area contributed by atoms with Crippen molar-refractivity contribution < 1.29 is 13.9 Å². The van der Waals surface area contributed by atoms with Gasteiger partial charge in [-0.1, -0.05) is 32.9 Å². The van der Waals surface area contributed by atoms with Crippen LogP contribution in [0.1, 0.15) is 39.0 Å². The molecule has 1 amide bonds. The van der Waals surface area contributed by atoms with E-state index in [0.29, 0.717) is 12.2 Å². The second-order valence-electron chi connectivity index (χ2n) is 6.82. The fourth-order valence-electron chi connectivity index (χ4n) is 2.30. The fraction of sp³-hybridized carbons (Fsp3) is 0.421. The summed E-state index contributed by atoms with van der Waals surface area (Å²) < 4.78 is 10.8. The van der Waals surface area contributed by atoms with Crippen molar-refractivity contribution in [2.24, 2.45) is 0 Å². The quantitative estimate of drug-likeness (QED) is 0.884. The summed E-state index contributed by atoms with van der Waals surface area (Å²) in [6, 6.07) is 11.6. The van der Waals surface area contributed by atoms with E-state index in [-0.39, 0.29) is 24.0 Å². The summed E-state index contributed by atoms with van der Waals surface area (Å²) in [6.07, 6.45) is 2.30. The van der Waals surface area contributed by atoms with Gasteiger partial charge < -0.3 is 14.5 Å². The van der Waals surface area contributed by atoms with Gasteiger partial charge in [0.05, 0.1) is 6.26 Å². The number of rotatable bonds is 6. The Morgan fingerprint density at radius 1 is 1.22 bits per heavy atom. The van der Waals surface area contributed by atoms with Crippen LogP contribution in [0.3, 0.4) is 0 Å². The number of furan rings is 1. The number of amides is 1. The summed E-state index contributed by atoms with van der Waals surface area (Å²) in [5.41, 5.74) is 1.35. The van der Waals surface area contributed by atoms with Crippen LogP contribution < -0.4 is 10.1 Å². The lowest BCUT2D eigenvalue weighted by Crippen LogP contribution is -2.37. The lowest BCUT2D eigenvalue weighted by Gasteiger charge is -2.19. The Labute approximate surface area is 137 Å². The molecule has 0 aliphatic carbocycles. The molecule has 0 bridgehead atoms. The van der Waals surface area contributed by atoms with Crippen molar-refractivity contribution in [1.82, 2.24) is 5.32 Å². The predicted octanol–water partition coefficient (Wildman–Crippen LogP) is 3.70. The van der Waals surface area contributed by atoms with Gasteiger partial charge >= 0.3 is 0 Å². The summed E-state index contributed by atoms with van der Waals surface area (Å²) in [7, 11) is 0. The third kappa shape index (κ3) is 5.47. The summed E-state index contributed by atoms with van der Waals surface area (Å²) in [4.78, 5) is 11.9. The van der Waals surface area contributed by atoms with Gasteiger partial charge in [0, 0.05) is 12.5 Å². The van der Waals surface area contributed by atoms with E-state index in [4.69, 9.17) is 9.15 Å². The largest absolute Gasteiger partial charge is 0.484 e. The van der Waals surface area contributed by atoms with Gasteiger partial charge in [0.2, 0.25) is 0 Å². The zero-order valence-electron chi connectivity index (χ0n) is 14.3. The highest BCUT2D eigenvalue weighted by Gasteiger charge is 2.14. The Kier molecular flexibility index (Phi) is 5.48. The SMILES string of the molecule is CC(Cc1ccco1)NC(=O)COc1ccc(C(C)(C)C)cc1. The van der Waals surface area contributed by atoms with Crippen molar-refractivity contribution in [3.05, 3.63) is 54.0 Å². The van der Waals surface area contributed by atoms with Crippen LogP contribution in [0.25, 0.3) is 0 Å². The van der Waals surface area contributed by atoms with Gasteiger partial charge in [0.1, 0.15) is 11.5 Å². The third-order valence-electron chi connectivity index (χ3n) is 3.59. The summed E-state index contributed by atoms with van der Waals surface area (Å²) >= 11 is 0. The van der Waals surface area contributed by atoms with Crippen LogP contribution in [0.4, 0.5) is 0 Å². The Morgan fingerprint density at radius 3 is 2.48 bits per heavy atom. The highest BCUT2D eigenvalue weighted by molar-refractivity contribution is 5.77. The fourth-order valence-corrected chi connectivity index (χ4v) is 2.30. The zero-order valence-corrected chi connectivity index (χ0v) is 14.3. The Hall–Kier alpha value is -2.23. The maximum atomic E-state index is 11.9. The minimum atomic E-state index is -0.135. The molecule has 0 saturated carbocycles. The Morgan fingerprint density at radius 2 is 1.91 bits per heavy atom. The van der Waals surface area contributed by atoms with Crippen LogP contribution >= 0.6 is 0 Å². The van der Waals surface area contributed by atoms with Gasteiger partial charge in [-0.05, 0) is 42.2 Å². The molecule has 4 nitrogen and oxygen atoms in total. The molecule has 23 heavy (non-hydrogen) atoms. The number of ether oxygens (including phenoxy) is 1. The Balaban J connectivity index is 1.77. The molecule has 0 aliphatic rings. The molecule has 0 spiro atoms. The van der Waals surface area contributed by atoms with Crippen molar-refractivity contribution in [2.45, 2.75) is 45.6 Å². The first-order chi connectivity index (χ1) is 10.8. The normalized spacial score (nSPS) is 12.7. The predicted molar refractivity (Wildman–Crippen MR) is 90.7 cm³/mol. The van der Waals surface area contributed by atoms with Crippen LogP contribution in [-0.4, -0.2) is 18.6 Å². The standard InChI is InChI=1S/C19H25NO3/c1-14(12-17-6-5-11-22-17)20-18(21)13-23-16-9-7-15(8-10-16)19(2,3)4/h5-11,14H,12-13H2,1-4H3,(H,20,21). The molecule has 0 radical (unpaired) electrons. The molecule has 1 aromatic carbocycles. The highest BCUT2D eigenvalue weighted by Crippen LogP contribution is 2.24. The first-order valence-electron chi connectivity index (χ1n) is 7.89. The van der Waals surface area contributed by atoms with E-state index in [2.05, 4.69) is 26.1 Å². The topological polar surface area (TPSA) is 51.5 Å². The molecule has 1 unspecified atom stereocenters. The van der Waals surface area contributed by atoms with Gasteiger partial charge in [-0.3, -0.25) is 4.79 Å². The van der Waals surface area contributed by atoms with Crippen LogP contribution in [0.15, 0.2) is 47.1 Å². The zero-order chi connectivity index (χ0) is 16.9. The third-order valence-corrected chi connectivity index (χ3v) is 3.59. The molecule has 4 heteroatoms. The van der Waals surface area contributed by atoms with Crippen LogP contribution in [0.5, 0.6) is 5.75 Å². The molecule has 1 aromatic heterocycles. The van der Waals surface area contributed by atoms with E-state index in [0.717, 1.165) is 5.76 Å². The molecule has 1 N–H and O–H groups in total. The Bertz CT molecular complexity index is 609. The smallest absolute Gasteiger partial charge is 0.258 e. The molecular weight excluding hydrogens is 290 g/mol. The maximum absolute atomic E-state index is 11.9. The summed E-state index contributed by atoms with van der Waals surface area (Å²) in [5, 5.41) is 2.90. The summed E-state index contributed by atoms with van der Waals surface area (Å²) in [6.45, 7) is 8.44. The first-order valence-corrected chi connectivity index (χ1v) is 7.89. The lowest BCUT2D eigenvalue weighted by molar-refractivity contribution is -0.123. The van der Waals surface area contributed by atoms with E-state index in [9.17, 15) is 4.79 Å². The highest BCUT2D eigenvalue weighted by atomic mass is 16.5. The number of benzene rings is 1. The number of hydrogen-bond donors (Lipinski definition) is 1. The van der Waals surface area contributed by atoms with Gasteiger partial charge in [0.25, 0.3) is 5.91 Å². The van der Waals surface area contributed by atoms with Crippen molar-refractivity contribution in [1.29, 1.82) is 0 Å². The minimum absolute atomic E-state index is 0.000478. The van der Waals surface area contributed by atoms with Gasteiger partial charge in [-0.15, -0.1) is 0 Å². The molecule has 0 fully saturated rings. The molecule has 2 aromatic rings. The summed E-state index contributed by atoms with van der Waals surface area (Å²) in [5.74, 6) is 1.42. The lowest BCUT2D eigenvalue weighted by atomic mass is 9.87. The van der Waals surface area contributed by atoms with E-state index >= 15 is 0 Å². The molecule has 0 saturated heterocycles. The van der Waals surface area contributed by atoms with Gasteiger partial charge in [-0.2, -0.15) is 0 Å². The second-order valence-corrected chi connectivity index (χ2v) is 6.82. The molecule has 124 valence electrons. The number of hydrogen-bond acceptors (Lipinski definition) is 3. The minimum Gasteiger partial charge on any atom is -0.484 e. The number of carbonyl (C=O) groups is 1. The average molecular weight is 315 g/mol. The van der Waals surface area contributed by atoms with E-state index in [1.165, 1.54) is 5.56 Å². The maximum Gasteiger partial charge on any atom is 0.258 e. The van der Waals surface area contributed by atoms with Crippen LogP contribution in [0.2, 0.25) is 0 Å². The van der Waals surface area contributed by atoms with Crippen molar-refractivity contribution in [2.75, 3.05) is 6.61 Å². The second kappa shape index (κ2) is 7.36. The van der Waals surface area contributed by atoms with Crippen LogP contribution in [-0.2, 0) is 16.6 Å². The monoisotopic (exact) mass is 315 g/mol. The van der Waals surface area contributed by atoms with E-state index in [1.807, 2.05) is 43.3 Å². The van der Waals surface area contributed by atoms with Gasteiger partial charge in [-0.25, -0.2) is 0 Å². The molecule has 2 rings (SSSR count). The average Bonchev–Trinajstić information content (AvgIpc) is 2.97. The van der Waals surface area contributed by atoms with E-state index in [1.54, 1.807) is 6.26 Å².